The molecule has 4 aromatic heterocycles. The molecular weight excluding hydrogens is 569 g/mol. The predicted molar refractivity (Wildman–Crippen MR) is 189 cm³/mol. The van der Waals surface area contributed by atoms with Crippen LogP contribution in [-0.4, -0.2) is 9.97 Å². The van der Waals surface area contributed by atoms with Gasteiger partial charge in [0.05, 0.1) is 16.8 Å². The third kappa shape index (κ3) is 4.18. The molecule has 5 aromatic carbocycles. The van der Waals surface area contributed by atoms with Gasteiger partial charge >= 0.3 is 0 Å². The van der Waals surface area contributed by atoms with E-state index >= 15 is 0 Å². The molecule has 0 saturated carbocycles. The first-order valence-electron chi connectivity index (χ1n) is 15.1. The van der Waals surface area contributed by atoms with E-state index in [1.165, 1.54) is 25.7 Å². The largest absolute Gasteiger partial charge is 0.456 e. The molecule has 3 nitrogen and oxygen atoms in total. The molecular formula is C41H26N2OS. The van der Waals surface area contributed by atoms with Gasteiger partial charge in [0.15, 0.2) is 0 Å². The lowest BCUT2D eigenvalue weighted by Crippen LogP contribution is -1.97. The second kappa shape index (κ2) is 10.3. The van der Waals surface area contributed by atoms with Crippen LogP contribution in [-0.2, 0) is 0 Å². The predicted octanol–water partition coefficient (Wildman–Crippen LogP) is 11.7. The zero-order valence-electron chi connectivity index (χ0n) is 24.5. The Kier molecular flexibility index (Phi) is 5.90. The summed E-state index contributed by atoms with van der Waals surface area (Å²) in [5.41, 5.74) is 11.1. The fourth-order valence-corrected chi connectivity index (χ4v) is 7.82. The van der Waals surface area contributed by atoms with Crippen LogP contribution in [0.25, 0.3) is 87.0 Å². The molecule has 9 aromatic rings. The topological polar surface area (TPSA) is 38.9 Å². The molecule has 0 N–H and O–H groups in total. The lowest BCUT2D eigenvalue weighted by molar-refractivity contribution is 0.668. The summed E-state index contributed by atoms with van der Waals surface area (Å²) >= 11 is 1.85. The monoisotopic (exact) mass is 594 g/mol. The smallest absolute Gasteiger partial charge is 0.139 e. The van der Waals surface area contributed by atoms with Crippen LogP contribution >= 0.6 is 11.3 Å². The average molecular weight is 595 g/mol. The van der Waals surface area contributed by atoms with Crippen LogP contribution in [0.1, 0.15) is 5.56 Å². The van der Waals surface area contributed by atoms with Crippen molar-refractivity contribution >= 4 is 53.4 Å². The van der Waals surface area contributed by atoms with Gasteiger partial charge in [-0.3, -0.25) is 4.98 Å². The van der Waals surface area contributed by atoms with Gasteiger partial charge in [-0.25, -0.2) is 4.98 Å². The Labute approximate surface area is 264 Å². The molecule has 0 bridgehead atoms. The Hall–Kier alpha value is -5.58. The maximum atomic E-state index is 6.43. The van der Waals surface area contributed by atoms with Gasteiger partial charge in [0.1, 0.15) is 16.9 Å². The Bertz CT molecular complexity index is 2490. The summed E-state index contributed by atoms with van der Waals surface area (Å²) in [5.74, 6) is 0. The fraction of sp³-hybridized carbons (Fsp3) is 0.0244. The Balaban J connectivity index is 1.29. The van der Waals surface area contributed by atoms with Crippen LogP contribution < -0.4 is 0 Å². The summed E-state index contributed by atoms with van der Waals surface area (Å²) in [6.45, 7) is 2.16. The van der Waals surface area contributed by atoms with Crippen LogP contribution in [0.4, 0.5) is 0 Å². The number of thiophene rings is 1. The van der Waals surface area contributed by atoms with Gasteiger partial charge in [0.25, 0.3) is 0 Å². The van der Waals surface area contributed by atoms with Crippen molar-refractivity contribution in [2.75, 3.05) is 0 Å². The second-order valence-corrected chi connectivity index (χ2v) is 12.4. The zero-order valence-corrected chi connectivity index (χ0v) is 25.3. The molecule has 0 unspecified atom stereocenters. The SMILES string of the molecule is Cc1c(-c2ccccc2)cc(-c2nccc3oc4ccc(-c5cccc6c5sc5ccccc56)cc4c23)nc1-c1ccccc1. The van der Waals surface area contributed by atoms with E-state index in [1.807, 2.05) is 29.7 Å². The van der Waals surface area contributed by atoms with Gasteiger partial charge in [0.2, 0.25) is 0 Å². The maximum Gasteiger partial charge on any atom is 0.139 e. The summed E-state index contributed by atoms with van der Waals surface area (Å²) in [7, 11) is 0. The zero-order chi connectivity index (χ0) is 29.9. The Morgan fingerprint density at radius 3 is 2.16 bits per heavy atom. The lowest BCUT2D eigenvalue weighted by atomic mass is 9.94. The Morgan fingerprint density at radius 1 is 0.556 bits per heavy atom. The first-order valence-corrected chi connectivity index (χ1v) is 15.9. The van der Waals surface area contributed by atoms with E-state index in [0.717, 1.165) is 66.8 Å². The Morgan fingerprint density at radius 2 is 1.31 bits per heavy atom. The number of pyridine rings is 2. The van der Waals surface area contributed by atoms with Gasteiger partial charge in [0, 0.05) is 37.3 Å². The normalized spacial score (nSPS) is 11.7. The van der Waals surface area contributed by atoms with Crippen molar-refractivity contribution in [1.82, 2.24) is 9.97 Å². The third-order valence-electron chi connectivity index (χ3n) is 8.74. The number of hydrogen-bond acceptors (Lipinski definition) is 4. The van der Waals surface area contributed by atoms with Crippen molar-refractivity contribution in [2.45, 2.75) is 6.92 Å². The first kappa shape index (κ1) is 25.9. The van der Waals surface area contributed by atoms with E-state index in [4.69, 9.17) is 14.4 Å². The van der Waals surface area contributed by atoms with Crippen LogP contribution in [0.2, 0.25) is 0 Å². The molecule has 0 fully saturated rings. The lowest BCUT2D eigenvalue weighted by Gasteiger charge is -2.15. The molecule has 9 rings (SSSR count). The number of benzene rings is 5. The maximum absolute atomic E-state index is 6.43. The number of furan rings is 1. The molecule has 212 valence electrons. The van der Waals surface area contributed by atoms with Gasteiger partial charge < -0.3 is 4.42 Å². The van der Waals surface area contributed by atoms with Crippen molar-refractivity contribution in [1.29, 1.82) is 0 Å². The number of hydrogen-bond donors (Lipinski definition) is 0. The van der Waals surface area contributed by atoms with E-state index in [1.54, 1.807) is 0 Å². The molecule has 0 saturated heterocycles. The standard InChI is InChI=1S/C41H26N2OS/c1-25-32(26-11-4-2-5-12-26)24-34(43-39(25)27-13-6-3-7-14-27)40-38-33-23-28(19-20-35(33)44-36(38)21-22-42-40)29-16-10-17-31-30-15-8-9-18-37(30)45-41(29)31/h2-24H,1H3. The molecule has 0 aliphatic rings. The molecule has 0 spiro atoms. The molecule has 4 heteroatoms. The van der Waals surface area contributed by atoms with E-state index in [2.05, 4.69) is 128 Å². The molecule has 0 radical (unpaired) electrons. The first-order chi connectivity index (χ1) is 22.2. The van der Waals surface area contributed by atoms with Gasteiger partial charge in [-0.05, 0) is 65.1 Å². The van der Waals surface area contributed by atoms with Crippen LogP contribution in [0.5, 0.6) is 0 Å². The van der Waals surface area contributed by atoms with E-state index in [-0.39, 0.29) is 0 Å². The summed E-state index contributed by atoms with van der Waals surface area (Å²) in [4.78, 5) is 10.2. The molecule has 0 amide bonds. The summed E-state index contributed by atoms with van der Waals surface area (Å²) in [6, 6.07) is 46.8. The van der Waals surface area contributed by atoms with Crippen molar-refractivity contribution in [2.24, 2.45) is 0 Å². The van der Waals surface area contributed by atoms with E-state index in [0.29, 0.717) is 0 Å². The number of aromatic nitrogens is 2. The van der Waals surface area contributed by atoms with Crippen molar-refractivity contribution in [3.63, 3.8) is 0 Å². The van der Waals surface area contributed by atoms with Gasteiger partial charge in [-0.15, -0.1) is 11.3 Å². The highest BCUT2D eigenvalue weighted by Crippen LogP contribution is 2.43. The van der Waals surface area contributed by atoms with Gasteiger partial charge in [-0.1, -0.05) is 103 Å². The summed E-state index contributed by atoms with van der Waals surface area (Å²) < 4.78 is 9.03. The minimum atomic E-state index is 0.803. The molecule has 4 heterocycles. The molecule has 0 aliphatic heterocycles. The minimum absolute atomic E-state index is 0.803. The van der Waals surface area contributed by atoms with Crippen LogP contribution in [0.3, 0.4) is 0 Å². The molecule has 0 aliphatic carbocycles. The quantitative estimate of drug-likeness (QED) is 0.203. The number of fused-ring (bicyclic) bond motifs is 6. The van der Waals surface area contributed by atoms with Crippen LogP contribution in [0, 0.1) is 6.92 Å². The fourth-order valence-electron chi connectivity index (χ4n) is 6.58. The van der Waals surface area contributed by atoms with E-state index < -0.39 is 0 Å². The van der Waals surface area contributed by atoms with Crippen molar-refractivity contribution < 1.29 is 4.42 Å². The third-order valence-corrected chi connectivity index (χ3v) is 9.96. The number of nitrogens with zero attached hydrogens (tertiary/aromatic N) is 2. The van der Waals surface area contributed by atoms with Gasteiger partial charge in [-0.2, -0.15) is 0 Å². The minimum Gasteiger partial charge on any atom is -0.456 e. The summed E-state index contributed by atoms with van der Waals surface area (Å²) in [6.07, 6.45) is 1.82. The average Bonchev–Trinajstić information content (AvgIpc) is 3.67. The highest BCUT2D eigenvalue weighted by Gasteiger charge is 2.20. The second-order valence-electron chi connectivity index (χ2n) is 11.4. The highest BCUT2D eigenvalue weighted by molar-refractivity contribution is 7.26. The number of rotatable bonds is 4. The summed E-state index contributed by atoms with van der Waals surface area (Å²) in [5, 5.41) is 4.61. The molecule has 45 heavy (non-hydrogen) atoms. The molecule has 0 atom stereocenters. The van der Waals surface area contributed by atoms with E-state index in [9.17, 15) is 0 Å². The van der Waals surface area contributed by atoms with Crippen molar-refractivity contribution in [3.05, 3.63) is 145 Å². The van der Waals surface area contributed by atoms with Crippen molar-refractivity contribution in [3.8, 4) is 44.9 Å². The van der Waals surface area contributed by atoms with Crippen LogP contribution in [0.15, 0.2) is 144 Å². The highest BCUT2D eigenvalue weighted by atomic mass is 32.1.